The first-order valence-electron chi connectivity index (χ1n) is 4.65. The number of aliphatic hydroxyl groups excluding tert-OH is 1. The van der Waals surface area contributed by atoms with Crippen molar-refractivity contribution in [2.75, 3.05) is 0 Å². The van der Waals surface area contributed by atoms with Crippen LogP contribution in [0.25, 0.3) is 0 Å². The van der Waals surface area contributed by atoms with Crippen molar-refractivity contribution in [1.82, 2.24) is 0 Å². The van der Waals surface area contributed by atoms with Crippen LogP contribution in [0.3, 0.4) is 0 Å². The molecule has 0 aliphatic carbocycles. The maximum Gasteiger partial charge on any atom is 0.335 e. The molecule has 0 radical (unpaired) electrons. The minimum absolute atomic E-state index is 0.250. The van der Waals surface area contributed by atoms with E-state index in [1.807, 2.05) is 0 Å². The Morgan fingerprint density at radius 1 is 1.47 bits per heavy atom. The van der Waals surface area contributed by atoms with Gasteiger partial charge in [-0.2, -0.15) is 0 Å². The van der Waals surface area contributed by atoms with Gasteiger partial charge in [-0.05, 0) is 13.0 Å². The zero-order chi connectivity index (χ0) is 13.2. The summed E-state index contributed by atoms with van der Waals surface area (Å²) in [5.74, 6) is -1.66. The number of carboxylic acids is 1. The Labute approximate surface area is 96.1 Å². The third kappa shape index (κ3) is 2.40. The number of hydrogen-bond acceptors (Lipinski definition) is 5. The minimum atomic E-state index is -2.24. The molecule has 0 saturated heterocycles. The quantitative estimate of drug-likeness (QED) is 0.513. The molecule has 1 aromatic rings. The predicted molar refractivity (Wildman–Crippen MR) is 56.3 cm³/mol. The average Bonchev–Trinajstić information content (AvgIpc) is 2.27. The first-order valence-corrected chi connectivity index (χ1v) is 4.65. The van der Waals surface area contributed by atoms with Crippen molar-refractivity contribution in [3.8, 4) is 0 Å². The van der Waals surface area contributed by atoms with Crippen LogP contribution >= 0.6 is 0 Å². The van der Waals surface area contributed by atoms with Gasteiger partial charge in [-0.3, -0.25) is 10.1 Å². The summed E-state index contributed by atoms with van der Waals surface area (Å²) in [6.45, 7) is 1.01. The molecule has 0 bridgehead atoms. The van der Waals surface area contributed by atoms with Gasteiger partial charge in [-0.15, -0.1) is 0 Å². The highest BCUT2D eigenvalue weighted by molar-refractivity contribution is 5.74. The summed E-state index contributed by atoms with van der Waals surface area (Å²) in [4.78, 5) is 20.6. The van der Waals surface area contributed by atoms with E-state index in [-0.39, 0.29) is 5.56 Å². The lowest BCUT2D eigenvalue weighted by molar-refractivity contribution is -0.386. The van der Waals surface area contributed by atoms with Gasteiger partial charge in [0.1, 0.15) is 5.60 Å². The Morgan fingerprint density at radius 3 is 2.47 bits per heavy atom. The lowest BCUT2D eigenvalue weighted by atomic mass is 9.89. The third-order valence-electron chi connectivity index (χ3n) is 2.41. The molecule has 3 N–H and O–H groups in total. The monoisotopic (exact) mass is 241 g/mol. The number of carboxylic acid groups (broad SMARTS) is 1. The second kappa shape index (κ2) is 4.48. The number of rotatable bonds is 4. The summed E-state index contributed by atoms with van der Waals surface area (Å²) in [6, 6.07) is 5.11. The Balaban J connectivity index is 3.32. The van der Waals surface area contributed by atoms with Crippen LogP contribution in [0, 0.1) is 10.1 Å². The van der Waals surface area contributed by atoms with Crippen molar-refractivity contribution < 1.29 is 25.0 Å². The van der Waals surface area contributed by atoms with Crippen LogP contribution in [0.15, 0.2) is 24.3 Å². The maximum atomic E-state index is 10.7. The Kier molecular flexibility index (Phi) is 3.45. The lowest BCUT2D eigenvalue weighted by Crippen LogP contribution is -2.42. The molecule has 0 unspecified atom stereocenters. The molecule has 2 atom stereocenters. The molecule has 0 amide bonds. The standard InChI is InChI=1S/C10H11NO6/c1-10(15,8(12)9(13)14)6-4-2-3-5-7(6)11(16)17/h2-5,8,12,15H,1H3,(H,13,14)/t8-,10-/m0/s1. The van der Waals surface area contributed by atoms with Crippen LogP contribution in [0.5, 0.6) is 0 Å². The van der Waals surface area contributed by atoms with Gasteiger partial charge in [0, 0.05) is 6.07 Å². The first kappa shape index (κ1) is 13.1. The van der Waals surface area contributed by atoms with Gasteiger partial charge in [0.05, 0.1) is 10.5 Å². The molecule has 0 spiro atoms. The summed E-state index contributed by atoms with van der Waals surface area (Å²) in [6.07, 6.45) is -2.15. The molecule has 0 saturated carbocycles. The summed E-state index contributed by atoms with van der Waals surface area (Å²) in [5, 5.41) is 38.6. The van der Waals surface area contributed by atoms with Crippen molar-refractivity contribution in [3.63, 3.8) is 0 Å². The van der Waals surface area contributed by atoms with Gasteiger partial charge in [0.15, 0.2) is 6.10 Å². The van der Waals surface area contributed by atoms with Crippen molar-refractivity contribution >= 4 is 11.7 Å². The number of aliphatic hydroxyl groups is 2. The highest BCUT2D eigenvalue weighted by Gasteiger charge is 2.41. The number of aliphatic carboxylic acids is 1. The van der Waals surface area contributed by atoms with Crippen molar-refractivity contribution in [2.45, 2.75) is 18.6 Å². The molecule has 7 nitrogen and oxygen atoms in total. The molecule has 0 fully saturated rings. The Bertz CT molecular complexity index is 456. The lowest BCUT2D eigenvalue weighted by Gasteiger charge is -2.26. The number of carbonyl (C=O) groups is 1. The number of nitro groups is 1. The molecule has 7 heteroatoms. The van der Waals surface area contributed by atoms with Crippen LogP contribution < -0.4 is 0 Å². The topological polar surface area (TPSA) is 121 Å². The van der Waals surface area contributed by atoms with E-state index in [1.165, 1.54) is 18.2 Å². The highest BCUT2D eigenvalue weighted by Crippen LogP contribution is 2.32. The molecule has 0 heterocycles. The average molecular weight is 241 g/mol. The van der Waals surface area contributed by atoms with Gasteiger partial charge >= 0.3 is 5.97 Å². The fourth-order valence-corrected chi connectivity index (χ4v) is 1.45. The second-order valence-corrected chi connectivity index (χ2v) is 3.66. The first-order chi connectivity index (χ1) is 7.78. The van der Waals surface area contributed by atoms with E-state index in [4.69, 9.17) is 5.11 Å². The number of nitro benzene ring substituents is 1. The smallest absolute Gasteiger partial charge is 0.335 e. The number of hydrogen-bond donors (Lipinski definition) is 3. The summed E-state index contributed by atoms with van der Waals surface area (Å²) >= 11 is 0. The van der Waals surface area contributed by atoms with E-state index in [2.05, 4.69) is 0 Å². The SMILES string of the molecule is C[C@](O)(c1ccccc1[N+](=O)[O-])[C@@H](O)C(=O)O. The number of para-hydroxylation sites is 1. The molecule has 1 aromatic carbocycles. The molecule has 17 heavy (non-hydrogen) atoms. The molecular weight excluding hydrogens is 230 g/mol. The summed E-state index contributed by atoms with van der Waals surface area (Å²) < 4.78 is 0. The fourth-order valence-electron chi connectivity index (χ4n) is 1.45. The zero-order valence-corrected chi connectivity index (χ0v) is 8.90. The largest absolute Gasteiger partial charge is 0.479 e. The third-order valence-corrected chi connectivity index (χ3v) is 2.41. The molecule has 0 aliphatic rings. The zero-order valence-electron chi connectivity index (χ0n) is 8.90. The predicted octanol–water partition coefficient (Wildman–Crippen LogP) is 0.248. The normalized spacial score (nSPS) is 15.9. The minimum Gasteiger partial charge on any atom is -0.479 e. The van der Waals surface area contributed by atoms with Gasteiger partial charge in [-0.25, -0.2) is 4.79 Å². The van der Waals surface area contributed by atoms with Gasteiger partial charge in [0.2, 0.25) is 0 Å². The van der Waals surface area contributed by atoms with E-state index >= 15 is 0 Å². The van der Waals surface area contributed by atoms with Crippen molar-refractivity contribution in [1.29, 1.82) is 0 Å². The van der Waals surface area contributed by atoms with Crippen molar-refractivity contribution in [2.24, 2.45) is 0 Å². The fraction of sp³-hybridized carbons (Fsp3) is 0.300. The van der Waals surface area contributed by atoms with Gasteiger partial charge in [0.25, 0.3) is 5.69 Å². The number of benzene rings is 1. The second-order valence-electron chi connectivity index (χ2n) is 3.66. The molecule has 0 aliphatic heterocycles. The molecule has 92 valence electrons. The van der Waals surface area contributed by atoms with Crippen LogP contribution in [-0.2, 0) is 10.4 Å². The van der Waals surface area contributed by atoms with Crippen LogP contribution in [0.4, 0.5) is 5.69 Å². The van der Waals surface area contributed by atoms with Gasteiger partial charge in [-0.1, -0.05) is 12.1 Å². The van der Waals surface area contributed by atoms with Crippen LogP contribution in [0.2, 0.25) is 0 Å². The maximum absolute atomic E-state index is 10.7. The van der Waals surface area contributed by atoms with E-state index in [1.54, 1.807) is 0 Å². The van der Waals surface area contributed by atoms with E-state index in [0.29, 0.717) is 0 Å². The van der Waals surface area contributed by atoms with Gasteiger partial charge < -0.3 is 15.3 Å². The van der Waals surface area contributed by atoms with E-state index in [9.17, 15) is 25.1 Å². The van der Waals surface area contributed by atoms with E-state index < -0.39 is 28.3 Å². The summed E-state index contributed by atoms with van der Waals surface area (Å²) in [7, 11) is 0. The Hall–Kier alpha value is -1.99. The molecular formula is C10H11NO6. The molecule has 0 aromatic heterocycles. The van der Waals surface area contributed by atoms with Crippen LogP contribution in [-0.4, -0.2) is 32.3 Å². The summed E-state index contributed by atoms with van der Waals surface area (Å²) in [5.41, 5.74) is -2.94. The van der Waals surface area contributed by atoms with Crippen molar-refractivity contribution in [3.05, 3.63) is 39.9 Å². The number of nitrogens with zero attached hydrogens (tertiary/aromatic N) is 1. The highest BCUT2D eigenvalue weighted by atomic mass is 16.6. The van der Waals surface area contributed by atoms with E-state index in [0.717, 1.165) is 13.0 Å². The van der Waals surface area contributed by atoms with Crippen LogP contribution in [0.1, 0.15) is 12.5 Å². The Morgan fingerprint density at radius 2 is 2.00 bits per heavy atom. The molecule has 1 rings (SSSR count).